The van der Waals surface area contributed by atoms with Gasteiger partial charge < -0.3 is 9.47 Å². The highest BCUT2D eigenvalue weighted by atomic mass is 16.5. The van der Waals surface area contributed by atoms with E-state index >= 15 is 0 Å². The Hall–Kier alpha value is -1.84. The Kier molecular flexibility index (Phi) is 11.4. The topological polar surface area (TPSA) is 52.6 Å². The van der Waals surface area contributed by atoms with Crippen molar-refractivity contribution in [2.45, 2.75) is 91.1 Å². The van der Waals surface area contributed by atoms with Gasteiger partial charge >= 0.3 is 11.9 Å². The minimum Gasteiger partial charge on any atom is -0.463 e. The number of aryl methyl sites for hydroxylation is 1. The first kappa shape index (κ1) is 22.2. The van der Waals surface area contributed by atoms with E-state index in [0.29, 0.717) is 12.2 Å². The summed E-state index contributed by atoms with van der Waals surface area (Å²) >= 11 is 0. The number of benzene rings is 1. The van der Waals surface area contributed by atoms with E-state index in [1.54, 1.807) is 6.07 Å². The Labute approximate surface area is 158 Å². The molecule has 0 aliphatic heterocycles. The number of para-hydroxylation sites is 1. The third kappa shape index (κ3) is 10.2. The Balaban J connectivity index is 2.10. The summed E-state index contributed by atoms with van der Waals surface area (Å²) in [6.07, 6.45) is 9.20. The van der Waals surface area contributed by atoms with Gasteiger partial charge in [-0.05, 0) is 44.7 Å². The van der Waals surface area contributed by atoms with Crippen LogP contribution in [-0.4, -0.2) is 18.0 Å². The summed E-state index contributed by atoms with van der Waals surface area (Å²) in [4.78, 5) is 23.7. The van der Waals surface area contributed by atoms with Crippen LogP contribution < -0.4 is 4.74 Å². The maximum absolute atomic E-state index is 11.8. The Morgan fingerprint density at radius 2 is 1.58 bits per heavy atom. The van der Waals surface area contributed by atoms with Crippen LogP contribution in [0.5, 0.6) is 5.75 Å². The van der Waals surface area contributed by atoms with Crippen molar-refractivity contribution in [3.8, 4) is 5.75 Å². The molecule has 1 unspecified atom stereocenters. The molecular formula is C22H34O4. The van der Waals surface area contributed by atoms with Crippen molar-refractivity contribution >= 4 is 11.9 Å². The Morgan fingerprint density at radius 1 is 0.923 bits per heavy atom. The molecule has 0 amide bonds. The number of carbonyl (C=O) groups excluding carboxylic acids is 2. The molecule has 0 saturated heterocycles. The molecule has 1 atom stereocenters. The van der Waals surface area contributed by atoms with Crippen molar-refractivity contribution in [2.75, 3.05) is 0 Å². The second-order valence-corrected chi connectivity index (χ2v) is 6.95. The van der Waals surface area contributed by atoms with Crippen LogP contribution in [0.4, 0.5) is 0 Å². The molecule has 1 rings (SSSR count). The van der Waals surface area contributed by atoms with Crippen molar-refractivity contribution < 1.29 is 19.1 Å². The standard InChI is InChI=1S/C22H34O4/c1-4-5-6-7-8-9-14-19(3)25-21(23)16-12-17-22(24)26-20-15-11-10-13-18(20)2/h10-11,13,15,19H,4-9,12,14,16-17H2,1-3H3. The van der Waals surface area contributed by atoms with Crippen LogP contribution in [0.15, 0.2) is 24.3 Å². The Bertz CT molecular complexity index is 539. The summed E-state index contributed by atoms with van der Waals surface area (Å²) in [6, 6.07) is 7.39. The highest BCUT2D eigenvalue weighted by molar-refractivity contribution is 5.74. The third-order valence-corrected chi connectivity index (χ3v) is 4.38. The fourth-order valence-electron chi connectivity index (χ4n) is 2.78. The average Bonchev–Trinajstić information content (AvgIpc) is 2.60. The second-order valence-electron chi connectivity index (χ2n) is 6.95. The van der Waals surface area contributed by atoms with Gasteiger partial charge in [0.1, 0.15) is 5.75 Å². The lowest BCUT2D eigenvalue weighted by Gasteiger charge is -2.13. The van der Waals surface area contributed by atoms with Gasteiger partial charge in [0, 0.05) is 12.8 Å². The first-order chi connectivity index (χ1) is 12.5. The largest absolute Gasteiger partial charge is 0.463 e. The first-order valence-electron chi connectivity index (χ1n) is 9.98. The third-order valence-electron chi connectivity index (χ3n) is 4.38. The predicted octanol–water partition coefficient (Wildman–Crippen LogP) is 5.75. The van der Waals surface area contributed by atoms with E-state index in [2.05, 4.69) is 6.92 Å². The molecule has 1 aromatic rings. The number of rotatable bonds is 13. The molecule has 146 valence electrons. The van der Waals surface area contributed by atoms with Crippen molar-refractivity contribution in [3.63, 3.8) is 0 Å². The molecule has 26 heavy (non-hydrogen) atoms. The number of esters is 2. The zero-order chi connectivity index (χ0) is 19.2. The molecule has 0 heterocycles. The minimum absolute atomic E-state index is 0.0485. The molecular weight excluding hydrogens is 328 g/mol. The highest BCUT2D eigenvalue weighted by Crippen LogP contribution is 2.17. The maximum Gasteiger partial charge on any atom is 0.311 e. The average molecular weight is 363 g/mol. The van der Waals surface area contributed by atoms with E-state index in [0.717, 1.165) is 18.4 Å². The molecule has 0 aromatic heterocycles. The van der Waals surface area contributed by atoms with E-state index in [1.807, 2.05) is 32.0 Å². The minimum atomic E-state index is -0.313. The van der Waals surface area contributed by atoms with Crippen LogP contribution in [-0.2, 0) is 14.3 Å². The Morgan fingerprint density at radius 3 is 2.31 bits per heavy atom. The van der Waals surface area contributed by atoms with Crippen molar-refractivity contribution in [1.82, 2.24) is 0 Å². The lowest BCUT2D eigenvalue weighted by atomic mass is 10.1. The SMILES string of the molecule is CCCCCCCCC(C)OC(=O)CCCC(=O)Oc1ccccc1C. The van der Waals surface area contributed by atoms with Gasteiger partial charge in [0.2, 0.25) is 0 Å². The molecule has 0 bridgehead atoms. The molecule has 0 spiro atoms. The predicted molar refractivity (Wildman–Crippen MR) is 104 cm³/mol. The fraction of sp³-hybridized carbons (Fsp3) is 0.636. The van der Waals surface area contributed by atoms with Crippen molar-refractivity contribution in [3.05, 3.63) is 29.8 Å². The van der Waals surface area contributed by atoms with E-state index in [-0.39, 0.29) is 30.9 Å². The number of ether oxygens (including phenoxy) is 2. The van der Waals surface area contributed by atoms with Crippen LogP contribution in [0.3, 0.4) is 0 Å². The quantitative estimate of drug-likeness (QED) is 0.254. The lowest BCUT2D eigenvalue weighted by Crippen LogP contribution is -2.15. The number of hydrogen-bond acceptors (Lipinski definition) is 4. The molecule has 0 N–H and O–H groups in total. The summed E-state index contributed by atoms with van der Waals surface area (Å²) in [5, 5.41) is 0. The molecule has 0 radical (unpaired) electrons. The van der Waals surface area contributed by atoms with E-state index in [9.17, 15) is 9.59 Å². The van der Waals surface area contributed by atoms with Crippen LogP contribution in [0.2, 0.25) is 0 Å². The zero-order valence-corrected chi connectivity index (χ0v) is 16.6. The van der Waals surface area contributed by atoms with Crippen molar-refractivity contribution in [2.24, 2.45) is 0 Å². The van der Waals surface area contributed by atoms with E-state index in [1.165, 1.54) is 32.1 Å². The van der Waals surface area contributed by atoms with Gasteiger partial charge in [0.05, 0.1) is 6.10 Å². The maximum atomic E-state index is 11.8. The van der Waals surface area contributed by atoms with E-state index in [4.69, 9.17) is 9.47 Å². The number of unbranched alkanes of at least 4 members (excludes halogenated alkanes) is 5. The molecule has 0 aliphatic carbocycles. The van der Waals surface area contributed by atoms with E-state index < -0.39 is 0 Å². The van der Waals surface area contributed by atoms with Crippen LogP contribution in [0.25, 0.3) is 0 Å². The van der Waals surface area contributed by atoms with Gasteiger partial charge in [0.15, 0.2) is 0 Å². The summed E-state index contributed by atoms with van der Waals surface area (Å²) < 4.78 is 10.7. The second kappa shape index (κ2) is 13.4. The van der Waals surface area contributed by atoms with Gasteiger partial charge in [-0.25, -0.2) is 0 Å². The smallest absolute Gasteiger partial charge is 0.311 e. The fourth-order valence-corrected chi connectivity index (χ4v) is 2.78. The zero-order valence-electron chi connectivity index (χ0n) is 16.6. The molecule has 0 fully saturated rings. The van der Waals surface area contributed by atoms with Crippen molar-refractivity contribution in [1.29, 1.82) is 0 Å². The molecule has 4 nitrogen and oxygen atoms in total. The van der Waals surface area contributed by atoms with Crippen LogP contribution >= 0.6 is 0 Å². The molecule has 0 saturated carbocycles. The molecule has 1 aromatic carbocycles. The number of carbonyl (C=O) groups is 2. The lowest BCUT2D eigenvalue weighted by molar-refractivity contribution is -0.148. The van der Waals surface area contributed by atoms with Crippen LogP contribution in [0, 0.1) is 6.92 Å². The summed E-state index contributed by atoms with van der Waals surface area (Å²) in [5.41, 5.74) is 0.920. The number of hydrogen-bond donors (Lipinski definition) is 0. The van der Waals surface area contributed by atoms with Crippen LogP contribution in [0.1, 0.15) is 83.6 Å². The highest BCUT2D eigenvalue weighted by Gasteiger charge is 2.12. The van der Waals surface area contributed by atoms with Gasteiger partial charge in [-0.1, -0.05) is 57.2 Å². The van der Waals surface area contributed by atoms with Gasteiger partial charge in [-0.15, -0.1) is 0 Å². The normalized spacial score (nSPS) is 11.8. The van der Waals surface area contributed by atoms with Gasteiger partial charge in [0.25, 0.3) is 0 Å². The first-order valence-corrected chi connectivity index (χ1v) is 9.98. The summed E-state index contributed by atoms with van der Waals surface area (Å²) in [5.74, 6) is 0.0343. The molecule has 4 heteroatoms. The summed E-state index contributed by atoms with van der Waals surface area (Å²) in [6.45, 7) is 6.05. The van der Waals surface area contributed by atoms with Gasteiger partial charge in [-0.3, -0.25) is 9.59 Å². The monoisotopic (exact) mass is 362 g/mol. The van der Waals surface area contributed by atoms with Gasteiger partial charge in [-0.2, -0.15) is 0 Å². The molecule has 0 aliphatic rings. The summed E-state index contributed by atoms with van der Waals surface area (Å²) in [7, 11) is 0.